The Bertz CT molecular complexity index is 383. The van der Waals surface area contributed by atoms with E-state index in [9.17, 15) is 0 Å². The van der Waals surface area contributed by atoms with Gasteiger partial charge in [-0.15, -0.1) is 0 Å². The molecule has 1 N–H and O–H groups in total. The summed E-state index contributed by atoms with van der Waals surface area (Å²) in [6, 6.07) is 9.36. The number of halogens is 1. The summed E-state index contributed by atoms with van der Waals surface area (Å²) in [4.78, 5) is 0. The lowest BCUT2D eigenvalue weighted by Gasteiger charge is -2.34. The van der Waals surface area contributed by atoms with E-state index in [4.69, 9.17) is 0 Å². The lowest BCUT2D eigenvalue weighted by Crippen LogP contribution is -2.31. The van der Waals surface area contributed by atoms with E-state index < -0.39 is 0 Å². The van der Waals surface area contributed by atoms with Crippen molar-refractivity contribution in [3.63, 3.8) is 0 Å². The van der Waals surface area contributed by atoms with Gasteiger partial charge >= 0.3 is 0 Å². The number of hydrogen-bond donors (Lipinski definition) is 1. The first-order valence-corrected chi connectivity index (χ1v) is 8.49. The maximum Gasteiger partial charge on any atom is 0.0349 e. The minimum atomic E-state index is 0.532. The number of hydrogen-bond acceptors (Lipinski definition) is 1. The minimum absolute atomic E-state index is 0.532. The SMILES string of the molecule is CCCNC(c1cccc(Br)c1)C1CCC(C)CC1. The molecule has 1 atom stereocenters. The molecule has 0 amide bonds. The smallest absolute Gasteiger partial charge is 0.0349 e. The standard InChI is InChI=1S/C17H26BrN/c1-3-11-19-17(14-9-7-13(2)8-10-14)15-5-4-6-16(18)12-15/h4-6,12-14,17,19H,3,7-11H2,1-2H3. The van der Waals surface area contributed by atoms with Gasteiger partial charge in [0.25, 0.3) is 0 Å². The molecule has 1 aromatic rings. The van der Waals surface area contributed by atoms with Crippen LogP contribution in [-0.4, -0.2) is 6.54 Å². The summed E-state index contributed by atoms with van der Waals surface area (Å²) < 4.78 is 1.19. The first-order chi connectivity index (χ1) is 9.20. The first-order valence-electron chi connectivity index (χ1n) is 7.69. The molecule has 0 bridgehead atoms. The molecule has 1 aliphatic rings. The topological polar surface area (TPSA) is 12.0 Å². The molecule has 0 aromatic heterocycles. The predicted molar refractivity (Wildman–Crippen MR) is 86.3 cm³/mol. The molecule has 106 valence electrons. The third-order valence-corrected chi connectivity index (χ3v) is 4.85. The van der Waals surface area contributed by atoms with Crippen LogP contribution in [0, 0.1) is 11.8 Å². The van der Waals surface area contributed by atoms with E-state index in [1.165, 1.54) is 42.1 Å². The monoisotopic (exact) mass is 323 g/mol. The van der Waals surface area contributed by atoms with Crippen molar-refractivity contribution >= 4 is 15.9 Å². The maximum absolute atomic E-state index is 3.78. The average molecular weight is 324 g/mol. The van der Waals surface area contributed by atoms with Crippen molar-refractivity contribution in [2.75, 3.05) is 6.54 Å². The van der Waals surface area contributed by atoms with Crippen LogP contribution in [0.1, 0.15) is 57.6 Å². The Morgan fingerprint density at radius 1 is 1.26 bits per heavy atom. The Morgan fingerprint density at radius 3 is 2.63 bits per heavy atom. The number of rotatable bonds is 5. The molecule has 0 aliphatic heterocycles. The van der Waals surface area contributed by atoms with Crippen molar-refractivity contribution in [2.24, 2.45) is 11.8 Å². The number of nitrogens with one attached hydrogen (secondary N) is 1. The lowest BCUT2D eigenvalue weighted by molar-refractivity contribution is 0.231. The van der Waals surface area contributed by atoms with E-state index in [0.29, 0.717) is 6.04 Å². The largest absolute Gasteiger partial charge is 0.310 e. The van der Waals surface area contributed by atoms with Crippen molar-refractivity contribution in [3.8, 4) is 0 Å². The van der Waals surface area contributed by atoms with Gasteiger partial charge in [0.1, 0.15) is 0 Å². The summed E-state index contributed by atoms with van der Waals surface area (Å²) >= 11 is 3.60. The number of benzene rings is 1. The average Bonchev–Trinajstić information content (AvgIpc) is 2.41. The molecule has 0 spiro atoms. The van der Waals surface area contributed by atoms with E-state index in [1.54, 1.807) is 0 Å². The van der Waals surface area contributed by atoms with Gasteiger partial charge < -0.3 is 5.32 Å². The van der Waals surface area contributed by atoms with Crippen LogP contribution in [0.25, 0.3) is 0 Å². The van der Waals surface area contributed by atoms with Crippen molar-refractivity contribution in [1.29, 1.82) is 0 Å². The zero-order valence-corrected chi connectivity index (χ0v) is 13.7. The van der Waals surface area contributed by atoms with Crippen LogP contribution in [0.15, 0.2) is 28.7 Å². The molecule has 0 radical (unpaired) electrons. The van der Waals surface area contributed by atoms with Crippen molar-refractivity contribution in [1.82, 2.24) is 5.32 Å². The quantitative estimate of drug-likeness (QED) is 0.773. The Labute approximate surface area is 126 Å². The molecular weight excluding hydrogens is 298 g/mol. The lowest BCUT2D eigenvalue weighted by atomic mass is 9.77. The van der Waals surface area contributed by atoms with Gasteiger partial charge in [-0.3, -0.25) is 0 Å². The summed E-state index contributed by atoms with van der Waals surface area (Å²) in [6.07, 6.45) is 6.73. The van der Waals surface area contributed by atoms with Gasteiger partial charge in [0, 0.05) is 10.5 Å². The van der Waals surface area contributed by atoms with E-state index >= 15 is 0 Å². The van der Waals surface area contributed by atoms with Gasteiger partial charge in [-0.05, 0) is 55.3 Å². The highest BCUT2D eigenvalue weighted by Gasteiger charge is 2.26. The Hall–Kier alpha value is -0.340. The van der Waals surface area contributed by atoms with Crippen molar-refractivity contribution in [3.05, 3.63) is 34.3 Å². The van der Waals surface area contributed by atoms with Gasteiger partial charge in [0.15, 0.2) is 0 Å². The second-order valence-corrected chi connectivity index (χ2v) is 6.92. The third-order valence-electron chi connectivity index (χ3n) is 4.35. The summed E-state index contributed by atoms with van der Waals surface area (Å²) in [5, 5.41) is 3.78. The fourth-order valence-corrected chi connectivity index (χ4v) is 3.59. The molecule has 1 unspecified atom stereocenters. The molecule has 2 heteroatoms. The molecule has 1 aliphatic carbocycles. The predicted octanol–water partition coefficient (Wildman–Crippen LogP) is 5.32. The molecule has 19 heavy (non-hydrogen) atoms. The highest BCUT2D eigenvalue weighted by atomic mass is 79.9. The van der Waals surface area contributed by atoms with Crippen LogP contribution in [0.2, 0.25) is 0 Å². The summed E-state index contributed by atoms with van der Waals surface area (Å²) in [5.41, 5.74) is 1.45. The summed E-state index contributed by atoms with van der Waals surface area (Å²) in [5.74, 6) is 1.72. The van der Waals surface area contributed by atoms with Gasteiger partial charge in [0.05, 0.1) is 0 Å². The normalized spacial score (nSPS) is 25.2. The van der Waals surface area contributed by atoms with Crippen molar-refractivity contribution in [2.45, 2.75) is 52.0 Å². The fourth-order valence-electron chi connectivity index (χ4n) is 3.18. The van der Waals surface area contributed by atoms with Gasteiger partial charge in [-0.2, -0.15) is 0 Å². The second kappa shape index (κ2) is 7.44. The van der Waals surface area contributed by atoms with E-state index in [0.717, 1.165) is 18.4 Å². The Balaban J connectivity index is 2.11. The van der Waals surface area contributed by atoms with Crippen LogP contribution in [-0.2, 0) is 0 Å². The van der Waals surface area contributed by atoms with Crippen LogP contribution in [0.3, 0.4) is 0 Å². The van der Waals surface area contributed by atoms with Crippen LogP contribution < -0.4 is 5.32 Å². The molecule has 1 aromatic carbocycles. The van der Waals surface area contributed by atoms with E-state index in [-0.39, 0.29) is 0 Å². The van der Waals surface area contributed by atoms with Crippen LogP contribution >= 0.6 is 15.9 Å². The summed E-state index contributed by atoms with van der Waals surface area (Å²) in [6.45, 7) is 5.75. The molecule has 0 heterocycles. The zero-order chi connectivity index (χ0) is 13.7. The molecule has 2 rings (SSSR count). The summed E-state index contributed by atoms with van der Waals surface area (Å²) in [7, 11) is 0. The molecule has 1 fully saturated rings. The minimum Gasteiger partial charge on any atom is -0.310 e. The fraction of sp³-hybridized carbons (Fsp3) is 0.647. The first kappa shape index (κ1) is 15.1. The second-order valence-electron chi connectivity index (χ2n) is 6.01. The van der Waals surface area contributed by atoms with Crippen LogP contribution in [0.5, 0.6) is 0 Å². The maximum atomic E-state index is 3.78. The highest BCUT2D eigenvalue weighted by molar-refractivity contribution is 9.10. The van der Waals surface area contributed by atoms with Gasteiger partial charge in [-0.1, -0.05) is 54.8 Å². The highest BCUT2D eigenvalue weighted by Crippen LogP contribution is 2.37. The Morgan fingerprint density at radius 2 is 2.00 bits per heavy atom. The Kier molecular flexibility index (Phi) is 5.90. The molecule has 1 nitrogen and oxygen atoms in total. The zero-order valence-electron chi connectivity index (χ0n) is 12.2. The van der Waals surface area contributed by atoms with E-state index in [1.807, 2.05) is 0 Å². The molecular formula is C17H26BrN. The third kappa shape index (κ3) is 4.32. The van der Waals surface area contributed by atoms with Gasteiger partial charge in [-0.25, -0.2) is 0 Å². The van der Waals surface area contributed by atoms with Gasteiger partial charge in [0.2, 0.25) is 0 Å². The van der Waals surface area contributed by atoms with Crippen LogP contribution in [0.4, 0.5) is 0 Å². The molecule has 0 saturated heterocycles. The molecule has 1 saturated carbocycles. The van der Waals surface area contributed by atoms with Crippen molar-refractivity contribution < 1.29 is 0 Å². The van der Waals surface area contributed by atoms with E-state index in [2.05, 4.69) is 59.4 Å².